The van der Waals surface area contributed by atoms with E-state index in [9.17, 15) is 13.2 Å². The minimum Gasteiger partial charge on any atom is -0.353 e. The summed E-state index contributed by atoms with van der Waals surface area (Å²) in [4.78, 5) is 14.5. The molecule has 0 aromatic heterocycles. The van der Waals surface area contributed by atoms with Crippen molar-refractivity contribution in [2.75, 3.05) is 33.2 Å². The normalized spacial score (nSPS) is 12.0. The van der Waals surface area contributed by atoms with Crippen molar-refractivity contribution < 1.29 is 13.2 Å². The van der Waals surface area contributed by atoms with Gasteiger partial charge in [-0.15, -0.1) is 0 Å². The second kappa shape index (κ2) is 12.4. The van der Waals surface area contributed by atoms with Gasteiger partial charge in [0.15, 0.2) is 0 Å². The van der Waals surface area contributed by atoms with Crippen molar-refractivity contribution in [2.45, 2.75) is 31.7 Å². The van der Waals surface area contributed by atoms with E-state index >= 15 is 0 Å². The lowest BCUT2D eigenvalue weighted by Crippen LogP contribution is -2.30. The third-order valence-electron chi connectivity index (χ3n) is 4.96. The number of rotatable bonds is 12. The Hall–Kier alpha value is -2.48. The highest BCUT2D eigenvalue weighted by Gasteiger charge is 2.20. The molecule has 0 unspecified atom stereocenters. The van der Waals surface area contributed by atoms with Crippen LogP contribution in [0.3, 0.4) is 0 Å². The standard InChI is InChI=1S/C24H33N3O3S/c1-4-27(5-2)31(29,30)23-15-12-21(13-16-23)14-17-24(28)25-18-9-19-26(3)20-22-10-7-6-8-11-22/h6-8,10-17H,4-5,9,18-20H2,1-3H3,(H,25,28)/b17-14+. The highest BCUT2D eigenvalue weighted by molar-refractivity contribution is 7.89. The maximum atomic E-state index is 12.5. The van der Waals surface area contributed by atoms with Gasteiger partial charge in [-0.3, -0.25) is 4.79 Å². The number of hydrogen-bond acceptors (Lipinski definition) is 4. The van der Waals surface area contributed by atoms with E-state index < -0.39 is 10.0 Å². The van der Waals surface area contributed by atoms with Crippen LogP contribution in [-0.2, 0) is 21.4 Å². The van der Waals surface area contributed by atoms with Crippen molar-refractivity contribution in [1.82, 2.24) is 14.5 Å². The van der Waals surface area contributed by atoms with Gasteiger partial charge in [0, 0.05) is 32.3 Å². The van der Waals surface area contributed by atoms with Gasteiger partial charge in [0.25, 0.3) is 0 Å². The molecular formula is C24H33N3O3S. The first-order valence-electron chi connectivity index (χ1n) is 10.7. The van der Waals surface area contributed by atoms with Crippen molar-refractivity contribution in [3.8, 4) is 0 Å². The summed E-state index contributed by atoms with van der Waals surface area (Å²) < 4.78 is 26.4. The molecule has 0 fully saturated rings. The molecule has 6 nitrogen and oxygen atoms in total. The first kappa shape index (κ1) is 24.8. The summed E-state index contributed by atoms with van der Waals surface area (Å²) in [5.74, 6) is -0.162. The zero-order chi connectivity index (χ0) is 22.7. The molecule has 1 amide bonds. The van der Waals surface area contributed by atoms with Crippen LogP contribution in [0.5, 0.6) is 0 Å². The number of carbonyl (C=O) groups excluding carboxylic acids is 1. The molecule has 0 aliphatic rings. The molecule has 0 saturated carbocycles. The lowest BCUT2D eigenvalue weighted by atomic mass is 10.2. The first-order valence-corrected chi connectivity index (χ1v) is 12.1. The maximum absolute atomic E-state index is 12.5. The number of amides is 1. The number of nitrogens with zero attached hydrogens (tertiary/aromatic N) is 2. The largest absolute Gasteiger partial charge is 0.353 e. The lowest BCUT2D eigenvalue weighted by molar-refractivity contribution is -0.116. The predicted octanol–water partition coefficient (Wildman–Crippen LogP) is 3.37. The smallest absolute Gasteiger partial charge is 0.243 e. The van der Waals surface area contributed by atoms with Gasteiger partial charge in [0.05, 0.1) is 4.90 Å². The average molecular weight is 444 g/mol. The van der Waals surface area contributed by atoms with E-state index in [2.05, 4.69) is 29.4 Å². The van der Waals surface area contributed by atoms with E-state index in [0.29, 0.717) is 19.6 Å². The molecule has 0 heterocycles. The molecule has 168 valence electrons. The number of nitrogens with one attached hydrogen (secondary N) is 1. The first-order chi connectivity index (χ1) is 14.9. The molecular weight excluding hydrogens is 410 g/mol. The molecule has 2 aromatic carbocycles. The summed E-state index contributed by atoms with van der Waals surface area (Å²) in [6.07, 6.45) is 4.02. The second-order valence-electron chi connectivity index (χ2n) is 7.36. The molecule has 0 aliphatic carbocycles. The van der Waals surface area contributed by atoms with Crippen LogP contribution in [-0.4, -0.2) is 56.8 Å². The van der Waals surface area contributed by atoms with Crippen LogP contribution in [0.15, 0.2) is 65.6 Å². The predicted molar refractivity (Wildman–Crippen MR) is 126 cm³/mol. The van der Waals surface area contributed by atoms with Gasteiger partial charge in [-0.05, 0) is 49.3 Å². The summed E-state index contributed by atoms with van der Waals surface area (Å²) >= 11 is 0. The number of hydrogen-bond donors (Lipinski definition) is 1. The quantitative estimate of drug-likeness (QED) is 0.403. The fourth-order valence-corrected chi connectivity index (χ4v) is 4.69. The Bertz CT molecular complexity index is 938. The topological polar surface area (TPSA) is 69.7 Å². The highest BCUT2D eigenvalue weighted by Crippen LogP contribution is 2.16. The van der Waals surface area contributed by atoms with Gasteiger partial charge in [0.1, 0.15) is 0 Å². The molecule has 1 N–H and O–H groups in total. The Morgan fingerprint density at radius 2 is 1.65 bits per heavy atom. The van der Waals surface area contributed by atoms with Crippen molar-refractivity contribution in [3.05, 3.63) is 71.8 Å². The number of benzene rings is 2. The molecule has 0 atom stereocenters. The fraction of sp³-hybridized carbons (Fsp3) is 0.375. The fourth-order valence-electron chi connectivity index (χ4n) is 3.23. The van der Waals surface area contributed by atoms with E-state index in [0.717, 1.165) is 25.1 Å². The van der Waals surface area contributed by atoms with Crippen LogP contribution >= 0.6 is 0 Å². The Labute approximate surface area is 186 Å². The molecule has 2 aromatic rings. The van der Waals surface area contributed by atoms with Crippen molar-refractivity contribution in [3.63, 3.8) is 0 Å². The molecule has 0 bridgehead atoms. The number of sulfonamides is 1. The Morgan fingerprint density at radius 1 is 1.00 bits per heavy atom. The van der Waals surface area contributed by atoms with Gasteiger partial charge >= 0.3 is 0 Å². The Morgan fingerprint density at radius 3 is 2.26 bits per heavy atom. The van der Waals surface area contributed by atoms with Crippen LogP contribution in [0, 0.1) is 0 Å². The molecule has 0 radical (unpaired) electrons. The Kier molecular flexibility index (Phi) is 9.91. The maximum Gasteiger partial charge on any atom is 0.243 e. The zero-order valence-electron chi connectivity index (χ0n) is 18.6. The monoisotopic (exact) mass is 443 g/mol. The minimum absolute atomic E-state index is 0.162. The van der Waals surface area contributed by atoms with Gasteiger partial charge in [0.2, 0.25) is 15.9 Å². The van der Waals surface area contributed by atoms with Crippen molar-refractivity contribution >= 4 is 22.0 Å². The van der Waals surface area contributed by atoms with Crippen LogP contribution in [0.2, 0.25) is 0 Å². The van der Waals surface area contributed by atoms with Gasteiger partial charge in [-0.2, -0.15) is 4.31 Å². The summed E-state index contributed by atoms with van der Waals surface area (Å²) in [6.45, 7) is 6.88. The molecule has 31 heavy (non-hydrogen) atoms. The molecule has 0 aliphatic heterocycles. The van der Waals surface area contributed by atoms with Crippen LogP contribution < -0.4 is 5.32 Å². The third kappa shape index (κ3) is 7.94. The summed E-state index contributed by atoms with van der Waals surface area (Å²) in [5.41, 5.74) is 2.05. The number of carbonyl (C=O) groups is 1. The van der Waals surface area contributed by atoms with Crippen molar-refractivity contribution in [1.29, 1.82) is 0 Å². The van der Waals surface area contributed by atoms with Gasteiger partial charge < -0.3 is 10.2 Å². The van der Waals surface area contributed by atoms with Crippen molar-refractivity contribution in [2.24, 2.45) is 0 Å². The summed E-state index contributed by atoms with van der Waals surface area (Å²) in [5, 5.41) is 2.88. The van der Waals surface area contributed by atoms with Crippen LogP contribution in [0.25, 0.3) is 6.08 Å². The van der Waals surface area contributed by atoms with Crippen LogP contribution in [0.4, 0.5) is 0 Å². The lowest BCUT2D eigenvalue weighted by Gasteiger charge is -2.18. The molecule has 0 spiro atoms. The van der Waals surface area contributed by atoms with E-state index in [1.807, 2.05) is 32.0 Å². The van der Waals surface area contributed by atoms with E-state index in [-0.39, 0.29) is 10.8 Å². The van der Waals surface area contributed by atoms with Crippen LogP contribution in [0.1, 0.15) is 31.4 Å². The molecule has 7 heteroatoms. The SMILES string of the molecule is CCN(CC)S(=O)(=O)c1ccc(/C=C/C(=O)NCCCN(C)Cc2ccccc2)cc1. The van der Waals surface area contributed by atoms with Gasteiger partial charge in [-0.25, -0.2) is 8.42 Å². The third-order valence-corrected chi connectivity index (χ3v) is 7.03. The highest BCUT2D eigenvalue weighted by atomic mass is 32.2. The minimum atomic E-state index is -3.47. The summed E-state index contributed by atoms with van der Waals surface area (Å²) in [7, 11) is -1.40. The summed E-state index contributed by atoms with van der Waals surface area (Å²) in [6, 6.07) is 16.9. The zero-order valence-corrected chi connectivity index (χ0v) is 19.4. The van der Waals surface area contributed by atoms with E-state index in [1.54, 1.807) is 30.3 Å². The molecule has 0 saturated heterocycles. The molecule has 2 rings (SSSR count). The van der Waals surface area contributed by atoms with E-state index in [4.69, 9.17) is 0 Å². The average Bonchev–Trinajstić information content (AvgIpc) is 2.77. The van der Waals surface area contributed by atoms with E-state index in [1.165, 1.54) is 15.9 Å². The van der Waals surface area contributed by atoms with Gasteiger partial charge in [-0.1, -0.05) is 56.3 Å². The Balaban J connectivity index is 1.76. The second-order valence-corrected chi connectivity index (χ2v) is 9.30.